The average molecular weight is 370 g/mol. The maximum Gasteiger partial charge on any atom is 0.00676 e. The van der Waals surface area contributed by atoms with E-state index in [4.69, 9.17) is 0 Å². The van der Waals surface area contributed by atoms with Crippen LogP contribution in [0, 0.1) is 5.92 Å². The lowest BCUT2D eigenvalue weighted by Gasteiger charge is -2.09. The van der Waals surface area contributed by atoms with Crippen LogP contribution in [0.15, 0.2) is 0 Å². The van der Waals surface area contributed by atoms with Crippen LogP contribution in [0.1, 0.15) is 77.6 Å². The van der Waals surface area contributed by atoms with Crippen LogP contribution in [0.3, 0.4) is 0 Å². The monoisotopic (exact) mass is 368 g/mol. The number of hydrogen-bond acceptors (Lipinski definition) is 0. The lowest BCUT2D eigenvalue weighted by atomic mass is 10.0. The van der Waals surface area contributed by atoms with Gasteiger partial charge < -0.3 is 0 Å². The molecule has 0 aromatic rings. The Balaban J connectivity index is 3.03. The van der Waals surface area contributed by atoms with Crippen LogP contribution in [-0.2, 0) is 0 Å². The molecule has 0 amide bonds. The summed E-state index contributed by atoms with van der Waals surface area (Å²) in [5.41, 5.74) is 0. The van der Waals surface area contributed by atoms with Crippen LogP contribution in [0.25, 0.3) is 0 Å². The molecule has 0 saturated heterocycles. The molecule has 0 aromatic heterocycles. The Hall–Kier alpha value is 0.960. The zero-order chi connectivity index (χ0) is 12.8. The van der Waals surface area contributed by atoms with Crippen molar-refractivity contribution in [2.24, 2.45) is 5.92 Å². The quantitative estimate of drug-likeness (QED) is 0.250. The summed E-state index contributed by atoms with van der Waals surface area (Å²) in [6, 6.07) is 0. The minimum atomic E-state index is 0.837. The summed E-state index contributed by atoms with van der Waals surface area (Å²) in [4.78, 5) is 0. The molecular formula is C15H30Br2. The van der Waals surface area contributed by atoms with Crippen LogP contribution < -0.4 is 0 Å². The maximum atomic E-state index is 3.57. The normalized spacial score (nSPS) is 11.3. The summed E-state index contributed by atoms with van der Waals surface area (Å²) in [5, 5.41) is 2.30. The van der Waals surface area contributed by atoms with Gasteiger partial charge in [-0.2, -0.15) is 0 Å². The van der Waals surface area contributed by atoms with Crippen LogP contribution >= 0.6 is 31.9 Å². The highest BCUT2D eigenvalue weighted by Gasteiger charge is 2.03. The van der Waals surface area contributed by atoms with Gasteiger partial charge in [0.15, 0.2) is 0 Å². The van der Waals surface area contributed by atoms with Crippen LogP contribution in [0.4, 0.5) is 0 Å². The molecule has 0 aliphatic rings. The van der Waals surface area contributed by atoms with E-state index in [0.717, 1.165) is 16.6 Å². The second-order valence-electron chi connectivity index (χ2n) is 5.15. The lowest BCUT2D eigenvalue weighted by Crippen LogP contribution is -2.02. The number of alkyl halides is 2. The van der Waals surface area contributed by atoms with Crippen molar-refractivity contribution in [3.63, 3.8) is 0 Å². The average Bonchev–Trinajstić information content (AvgIpc) is 2.36. The number of rotatable bonds is 13. The maximum absolute atomic E-state index is 3.57. The third-order valence-corrected chi connectivity index (χ3v) is 5.23. The third-order valence-electron chi connectivity index (χ3n) is 3.40. The van der Waals surface area contributed by atoms with Gasteiger partial charge in [0, 0.05) is 10.7 Å². The van der Waals surface area contributed by atoms with Gasteiger partial charge in [-0.05, 0) is 12.3 Å². The number of hydrogen-bond donors (Lipinski definition) is 0. The molecule has 0 aliphatic carbocycles. The van der Waals surface area contributed by atoms with E-state index in [0.29, 0.717) is 0 Å². The summed E-state index contributed by atoms with van der Waals surface area (Å²) < 4.78 is 0. The zero-order valence-electron chi connectivity index (χ0n) is 11.5. The molecule has 0 saturated carbocycles. The van der Waals surface area contributed by atoms with E-state index >= 15 is 0 Å². The fourth-order valence-electron chi connectivity index (χ4n) is 2.12. The molecule has 0 fully saturated rings. The van der Waals surface area contributed by atoms with E-state index in [9.17, 15) is 0 Å². The molecule has 0 unspecified atom stereocenters. The molecule has 0 aliphatic heterocycles. The van der Waals surface area contributed by atoms with Gasteiger partial charge in [-0.3, -0.25) is 0 Å². The molecule has 0 aromatic carbocycles. The van der Waals surface area contributed by atoms with Crippen LogP contribution in [-0.4, -0.2) is 10.7 Å². The molecule has 0 spiro atoms. The SMILES string of the molecule is CCCCCCCCCCCCC(CBr)CBr. The van der Waals surface area contributed by atoms with Crippen molar-refractivity contribution in [3.05, 3.63) is 0 Å². The van der Waals surface area contributed by atoms with Gasteiger partial charge in [0.2, 0.25) is 0 Å². The van der Waals surface area contributed by atoms with Crippen LogP contribution in [0.2, 0.25) is 0 Å². The summed E-state index contributed by atoms with van der Waals surface area (Å²) in [6.07, 6.45) is 15.8. The Labute approximate surface area is 126 Å². The van der Waals surface area contributed by atoms with Gasteiger partial charge in [-0.1, -0.05) is 103 Å². The number of halogens is 2. The molecule has 0 rings (SSSR count). The Bertz CT molecular complexity index is 133. The Morgan fingerprint density at radius 3 is 1.47 bits per heavy atom. The van der Waals surface area contributed by atoms with E-state index in [1.165, 1.54) is 70.6 Å². The van der Waals surface area contributed by atoms with E-state index in [2.05, 4.69) is 38.8 Å². The van der Waals surface area contributed by atoms with E-state index in [1.54, 1.807) is 0 Å². The minimum Gasteiger partial charge on any atom is -0.0925 e. The molecule has 0 atom stereocenters. The van der Waals surface area contributed by atoms with Crippen molar-refractivity contribution in [1.82, 2.24) is 0 Å². The summed E-state index contributed by atoms with van der Waals surface area (Å²) >= 11 is 7.14. The standard InChI is InChI=1S/C15H30Br2/c1-2-3-4-5-6-7-8-9-10-11-12-15(13-16)14-17/h15H,2-14H2,1H3. The minimum absolute atomic E-state index is 0.837. The first kappa shape index (κ1) is 18.0. The molecular weight excluding hydrogens is 340 g/mol. The topological polar surface area (TPSA) is 0 Å². The van der Waals surface area contributed by atoms with Crippen molar-refractivity contribution in [2.45, 2.75) is 77.6 Å². The predicted molar refractivity (Wildman–Crippen MR) is 87.5 cm³/mol. The highest BCUT2D eigenvalue weighted by molar-refractivity contribution is 9.09. The highest BCUT2D eigenvalue weighted by atomic mass is 79.9. The van der Waals surface area contributed by atoms with Gasteiger partial charge in [0.25, 0.3) is 0 Å². The Kier molecular flexibility index (Phi) is 15.9. The zero-order valence-corrected chi connectivity index (χ0v) is 14.7. The molecule has 2 heteroatoms. The van der Waals surface area contributed by atoms with Crippen molar-refractivity contribution >= 4 is 31.9 Å². The Morgan fingerprint density at radius 2 is 1.06 bits per heavy atom. The van der Waals surface area contributed by atoms with E-state index < -0.39 is 0 Å². The molecule has 0 N–H and O–H groups in total. The van der Waals surface area contributed by atoms with Gasteiger partial charge in [-0.15, -0.1) is 0 Å². The van der Waals surface area contributed by atoms with Crippen molar-refractivity contribution in [2.75, 3.05) is 10.7 Å². The smallest absolute Gasteiger partial charge is 0.00676 e. The first-order valence-electron chi connectivity index (χ1n) is 7.47. The van der Waals surface area contributed by atoms with Gasteiger partial charge in [-0.25, -0.2) is 0 Å². The lowest BCUT2D eigenvalue weighted by molar-refractivity contribution is 0.515. The largest absolute Gasteiger partial charge is 0.0925 e. The molecule has 0 nitrogen and oxygen atoms in total. The van der Waals surface area contributed by atoms with E-state index in [1.807, 2.05) is 0 Å². The molecule has 0 bridgehead atoms. The van der Waals surface area contributed by atoms with Crippen molar-refractivity contribution < 1.29 is 0 Å². The molecule has 0 heterocycles. The van der Waals surface area contributed by atoms with Crippen molar-refractivity contribution in [1.29, 1.82) is 0 Å². The van der Waals surface area contributed by atoms with E-state index in [-0.39, 0.29) is 0 Å². The predicted octanol–water partition coefficient (Wildman–Crippen LogP) is 6.70. The Morgan fingerprint density at radius 1 is 0.647 bits per heavy atom. The van der Waals surface area contributed by atoms with Gasteiger partial charge in [0.05, 0.1) is 0 Å². The fraction of sp³-hybridized carbons (Fsp3) is 1.00. The summed E-state index contributed by atoms with van der Waals surface area (Å²) in [5.74, 6) is 0.837. The first-order valence-corrected chi connectivity index (χ1v) is 9.71. The summed E-state index contributed by atoms with van der Waals surface area (Å²) in [6.45, 7) is 2.28. The van der Waals surface area contributed by atoms with Gasteiger partial charge in [0.1, 0.15) is 0 Å². The van der Waals surface area contributed by atoms with Gasteiger partial charge >= 0.3 is 0 Å². The molecule has 0 radical (unpaired) electrons. The van der Waals surface area contributed by atoms with Crippen LogP contribution in [0.5, 0.6) is 0 Å². The third kappa shape index (κ3) is 13.2. The summed E-state index contributed by atoms with van der Waals surface area (Å²) in [7, 11) is 0. The number of unbranched alkanes of at least 4 members (excludes halogenated alkanes) is 9. The second kappa shape index (κ2) is 15.0. The molecule has 17 heavy (non-hydrogen) atoms. The fourth-order valence-corrected chi connectivity index (χ4v) is 3.84. The second-order valence-corrected chi connectivity index (χ2v) is 6.44. The van der Waals surface area contributed by atoms with Crippen molar-refractivity contribution in [3.8, 4) is 0 Å². The molecule has 104 valence electrons. The highest BCUT2D eigenvalue weighted by Crippen LogP contribution is 2.16. The first-order chi connectivity index (χ1) is 8.35.